The van der Waals surface area contributed by atoms with Crippen molar-refractivity contribution in [3.8, 4) is 5.75 Å². The van der Waals surface area contributed by atoms with Crippen LogP contribution in [0.5, 0.6) is 5.75 Å². The molecular weight excluding hydrogens is 260 g/mol. The summed E-state index contributed by atoms with van der Waals surface area (Å²) >= 11 is 5.94. The highest BCUT2D eigenvalue weighted by Crippen LogP contribution is 2.26. The molecule has 0 aliphatic heterocycles. The van der Waals surface area contributed by atoms with E-state index in [0.29, 0.717) is 10.8 Å². The molecule has 3 heteroatoms. The van der Waals surface area contributed by atoms with Crippen LogP contribution in [-0.2, 0) is 5.60 Å². The highest BCUT2D eigenvalue weighted by Gasteiger charge is 2.24. The average Bonchev–Trinajstić information content (AvgIpc) is 2.41. The fraction of sp³-hybridized carbons (Fsp3) is 0.250. The first kappa shape index (κ1) is 13.9. The first-order chi connectivity index (χ1) is 8.99. The predicted molar refractivity (Wildman–Crippen MR) is 77.7 cm³/mol. The summed E-state index contributed by atoms with van der Waals surface area (Å²) in [5.74, 6) is 0.698. The van der Waals surface area contributed by atoms with Crippen molar-refractivity contribution in [2.75, 3.05) is 6.61 Å². The maximum absolute atomic E-state index is 10.4. The standard InChI is InChI=1S/C16H17ClO2/c1-12-8-9-14(17)10-15(12)19-11-16(2,18)13-6-4-3-5-7-13/h3-10,18H,11H2,1-2H3. The van der Waals surface area contributed by atoms with Gasteiger partial charge in [-0.2, -0.15) is 0 Å². The Kier molecular flexibility index (Phi) is 4.13. The van der Waals surface area contributed by atoms with E-state index in [1.807, 2.05) is 49.4 Å². The molecule has 2 rings (SSSR count). The topological polar surface area (TPSA) is 29.5 Å². The number of rotatable bonds is 4. The van der Waals surface area contributed by atoms with E-state index in [-0.39, 0.29) is 6.61 Å². The van der Waals surface area contributed by atoms with E-state index in [0.717, 1.165) is 11.1 Å². The van der Waals surface area contributed by atoms with E-state index in [2.05, 4.69) is 0 Å². The van der Waals surface area contributed by atoms with Gasteiger partial charge in [-0.1, -0.05) is 48.0 Å². The van der Waals surface area contributed by atoms with Crippen LogP contribution < -0.4 is 4.74 Å². The summed E-state index contributed by atoms with van der Waals surface area (Å²) in [4.78, 5) is 0. The van der Waals surface area contributed by atoms with Crippen molar-refractivity contribution in [3.05, 3.63) is 64.7 Å². The molecule has 0 fully saturated rings. The number of hydrogen-bond acceptors (Lipinski definition) is 2. The minimum absolute atomic E-state index is 0.179. The molecule has 0 aliphatic rings. The van der Waals surface area contributed by atoms with Gasteiger partial charge < -0.3 is 9.84 Å². The fourth-order valence-corrected chi connectivity index (χ4v) is 1.99. The first-order valence-electron chi connectivity index (χ1n) is 6.16. The van der Waals surface area contributed by atoms with E-state index >= 15 is 0 Å². The molecule has 0 saturated carbocycles. The maximum atomic E-state index is 10.4. The van der Waals surface area contributed by atoms with Gasteiger partial charge in [0.05, 0.1) is 0 Å². The van der Waals surface area contributed by atoms with Gasteiger partial charge in [0, 0.05) is 5.02 Å². The fourth-order valence-electron chi connectivity index (χ4n) is 1.83. The van der Waals surface area contributed by atoms with Crippen LogP contribution in [0.3, 0.4) is 0 Å². The van der Waals surface area contributed by atoms with E-state index in [9.17, 15) is 5.11 Å². The predicted octanol–water partition coefficient (Wildman–Crippen LogP) is 3.93. The van der Waals surface area contributed by atoms with Gasteiger partial charge in [0.25, 0.3) is 0 Å². The van der Waals surface area contributed by atoms with Crippen molar-refractivity contribution in [2.24, 2.45) is 0 Å². The number of halogens is 1. The highest BCUT2D eigenvalue weighted by molar-refractivity contribution is 6.30. The van der Waals surface area contributed by atoms with Gasteiger partial charge in [-0.15, -0.1) is 0 Å². The molecule has 100 valence electrons. The van der Waals surface area contributed by atoms with Gasteiger partial charge in [0.1, 0.15) is 18.0 Å². The third-order valence-corrected chi connectivity index (χ3v) is 3.29. The molecule has 0 aromatic heterocycles. The molecule has 0 amide bonds. The Hall–Kier alpha value is -1.51. The monoisotopic (exact) mass is 276 g/mol. The quantitative estimate of drug-likeness (QED) is 0.917. The number of aryl methyl sites for hydroxylation is 1. The largest absolute Gasteiger partial charge is 0.490 e. The van der Waals surface area contributed by atoms with Crippen molar-refractivity contribution in [3.63, 3.8) is 0 Å². The van der Waals surface area contributed by atoms with Gasteiger partial charge in [-0.3, -0.25) is 0 Å². The van der Waals surface area contributed by atoms with Crippen molar-refractivity contribution in [1.29, 1.82) is 0 Å². The van der Waals surface area contributed by atoms with E-state index in [1.54, 1.807) is 13.0 Å². The van der Waals surface area contributed by atoms with Crippen LogP contribution in [0.4, 0.5) is 0 Å². The molecule has 2 nitrogen and oxygen atoms in total. The van der Waals surface area contributed by atoms with Crippen molar-refractivity contribution >= 4 is 11.6 Å². The third-order valence-electron chi connectivity index (χ3n) is 3.05. The molecule has 0 saturated heterocycles. The van der Waals surface area contributed by atoms with Crippen molar-refractivity contribution in [1.82, 2.24) is 0 Å². The lowest BCUT2D eigenvalue weighted by Gasteiger charge is -2.24. The zero-order chi connectivity index (χ0) is 13.9. The Bertz CT molecular complexity index is 550. The molecule has 2 aromatic rings. The highest BCUT2D eigenvalue weighted by atomic mass is 35.5. The Morgan fingerprint density at radius 3 is 2.53 bits per heavy atom. The number of ether oxygens (including phenoxy) is 1. The molecule has 2 aromatic carbocycles. The second-order valence-corrected chi connectivity index (χ2v) is 5.27. The van der Waals surface area contributed by atoms with Crippen LogP contribution in [0.25, 0.3) is 0 Å². The Balaban J connectivity index is 2.12. The van der Waals surface area contributed by atoms with E-state index in [1.165, 1.54) is 0 Å². The Morgan fingerprint density at radius 1 is 1.16 bits per heavy atom. The maximum Gasteiger partial charge on any atom is 0.123 e. The second kappa shape index (κ2) is 5.64. The van der Waals surface area contributed by atoms with Crippen LogP contribution in [-0.4, -0.2) is 11.7 Å². The molecule has 0 bridgehead atoms. The summed E-state index contributed by atoms with van der Waals surface area (Å²) in [6.45, 7) is 3.86. The van der Waals surface area contributed by atoms with Crippen molar-refractivity contribution in [2.45, 2.75) is 19.4 Å². The molecule has 0 radical (unpaired) electrons. The Labute approximate surface area is 118 Å². The third kappa shape index (κ3) is 3.49. The molecule has 19 heavy (non-hydrogen) atoms. The summed E-state index contributed by atoms with van der Waals surface area (Å²) in [6.07, 6.45) is 0. The van der Waals surface area contributed by atoms with Gasteiger partial charge in [0.15, 0.2) is 0 Å². The average molecular weight is 277 g/mol. The lowest BCUT2D eigenvalue weighted by Crippen LogP contribution is -2.29. The number of aliphatic hydroxyl groups is 1. The van der Waals surface area contributed by atoms with E-state index < -0.39 is 5.60 Å². The molecule has 0 heterocycles. The second-order valence-electron chi connectivity index (χ2n) is 4.84. The first-order valence-corrected chi connectivity index (χ1v) is 6.54. The summed E-state index contributed by atoms with van der Waals surface area (Å²) in [5, 5.41) is 11.1. The van der Waals surface area contributed by atoms with Crippen LogP contribution in [0.2, 0.25) is 5.02 Å². The Morgan fingerprint density at radius 2 is 1.84 bits per heavy atom. The number of benzene rings is 2. The minimum atomic E-state index is -1.03. The van der Waals surface area contributed by atoms with Gasteiger partial charge in [-0.25, -0.2) is 0 Å². The number of hydrogen-bond donors (Lipinski definition) is 1. The molecule has 0 spiro atoms. The van der Waals surface area contributed by atoms with Crippen LogP contribution in [0, 0.1) is 6.92 Å². The zero-order valence-corrected chi connectivity index (χ0v) is 11.8. The van der Waals surface area contributed by atoms with Gasteiger partial charge >= 0.3 is 0 Å². The smallest absolute Gasteiger partial charge is 0.123 e. The van der Waals surface area contributed by atoms with Gasteiger partial charge in [-0.05, 0) is 37.1 Å². The van der Waals surface area contributed by atoms with E-state index in [4.69, 9.17) is 16.3 Å². The van der Waals surface area contributed by atoms with Crippen LogP contribution in [0.1, 0.15) is 18.1 Å². The summed E-state index contributed by atoms with van der Waals surface area (Å²) in [7, 11) is 0. The van der Waals surface area contributed by atoms with Crippen LogP contribution >= 0.6 is 11.6 Å². The van der Waals surface area contributed by atoms with Gasteiger partial charge in [0.2, 0.25) is 0 Å². The summed E-state index contributed by atoms with van der Waals surface area (Å²) in [5.41, 5.74) is 0.790. The zero-order valence-electron chi connectivity index (χ0n) is 11.1. The molecule has 0 aliphatic carbocycles. The normalized spacial score (nSPS) is 13.9. The summed E-state index contributed by atoms with van der Waals surface area (Å²) in [6, 6.07) is 15.0. The lowest BCUT2D eigenvalue weighted by molar-refractivity contribution is 0.00740. The SMILES string of the molecule is Cc1ccc(Cl)cc1OCC(C)(O)c1ccccc1. The summed E-state index contributed by atoms with van der Waals surface area (Å²) < 4.78 is 5.70. The molecule has 1 N–H and O–H groups in total. The minimum Gasteiger partial charge on any atom is -0.490 e. The molecular formula is C16H17ClO2. The molecule has 1 atom stereocenters. The van der Waals surface area contributed by atoms with Crippen molar-refractivity contribution < 1.29 is 9.84 Å². The van der Waals surface area contributed by atoms with Crippen LogP contribution in [0.15, 0.2) is 48.5 Å². The molecule has 1 unspecified atom stereocenters. The lowest BCUT2D eigenvalue weighted by atomic mass is 9.97.